The molecule has 0 aliphatic rings. The van der Waals surface area contributed by atoms with Crippen LogP contribution in [0.1, 0.15) is 23.0 Å². The number of aromatic nitrogens is 2. The molecule has 30 heavy (non-hydrogen) atoms. The molecule has 0 fully saturated rings. The number of carbonyl (C=O) groups is 2. The normalized spacial score (nSPS) is 11.9. The molecule has 4 aromatic rings. The number of rotatable bonds is 6. The van der Waals surface area contributed by atoms with Crippen LogP contribution in [0.2, 0.25) is 5.02 Å². The van der Waals surface area contributed by atoms with Gasteiger partial charge in [0.05, 0.1) is 17.3 Å². The standard InChI is InChI=1S/C22H19ClN4O3/c1-14(26-22(29)20-7-4-10-30-20)21(28)24-12-15-8-9-16(11-17(15)23)27-13-25-18-5-2-3-6-19(18)27/h2-11,13-14H,12H2,1H3,(H,24,28)(H,26,29)/t14-/m1/s1. The van der Waals surface area contributed by atoms with Crippen LogP contribution in [0.4, 0.5) is 0 Å². The fourth-order valence-corrected chi connectivity index (χ4v) is 3.31. The highest BCUT2D eigenvalue weighted by atomic mass is 35.5. The molecular weight excluding hydrogens is 404 g/mol. The summed E-state index contributed by atoms with van der Waals surface area (Å²) in [5, 5.41) is 5.90. The van der Waals surface area contributed by atoms with Gasteiger partial charge in [-0.1, -0.05) is 29.8 Å². The van der Waals surface area contributed by atoms with Crippen LogP contribution in [0.15, 0.2) is 71.6 Å². The van der Waals surface area contributed by atoms with E-state index >= 15 is 0 Å². The molecule has 2 aromatic heterocycles. The first-order valence-electron chi connectivity index (χ1n) is 9.36. The van der Waals surface area contributed by atoms with Crippen LogP contribution in [-0.4, -0.2) is 27.4 Å². The third kappa shape index (κ3) is 4.06. The molecule has 2 amide bonds. The maximum Gasteiger partial charge on any atom is 0.287 e. The zero-order chi connectivity index (χ0) is 21.1. The number of benzene rings is 2. The summed E-state index contributed by atoms with van der Waals surface area (Å²) in [7, 11) is 0. The Morgan fingerprint density at radius 2 is 2.00 bits per heavy atom. The summed E-state index contributed by atoms with van der Waals surface area (Å²) in [5.74, 6) is -0.617. The number of amides is 2. The summed E-state index contributed by atoms with van der Waals surface area (Å²) in [5.41, 5.74) is 3.52. The number of fused-ring (bicyclic) bond motifs is 1. The van der Waals surface area contributed by atoms with Crippen LogP contribution in [-0.2, 0) is 11.3 Å². The van der Waals surface area contributed by atoms with E-state index in [4.69, 9.17) is 16.0 Å². The van der Waals surface area contributed by atoms with Crippen LogP contribution in [0.3, 0.4) is 0 Å². The maximum absolute atomic E-state index is 12.3. The van der Waals surface area contributed by atoms with Crippen molar-refractivity contribution < 1.29 is 14.0 Å². The number of nitrogens with one attached hydrogen (secondary N) is 2. The first kappa shape index (κ1) is 19.7. The highest BCUT2D eigenvalue weighted by Gasteiger charge is 2.18. The van der Waals surface area contributed by atoms with Crippen molar-refractivity contribution in [2.24, 2.45) is 0 Å². The summed E-state index contributed by atoms with van der Waals surface area (Å²) in [6.45, 7) is 1.84. The van der Waals surface area contributed by atoms with E-state index in [0.717, 1.165) is 22.3 Å². The van der Waals surface area contributed by atoms with Crippen molar-refractivity contribution >= 4 is 34.4 Å². The van der Waals surface area contributed by atoms with E-state index in [2.05, 4.69) is 15.6 Å². The Balaban J connectivity index is 1.40. The molecule has 0 spiro atoms. The lowest BCUT2D eigenvalue weighted by Gasteiger charge is -2.14. The molecule has 4 rings (SSSR count). The lowest BCUT2D eigenvalue weighted by Crippen LogP contribution is -2.44. The van der Waals surface area contributed by atoms with Crippen molar-refractivity contribution in [2.45, 2.75) is 19.5 Å². The van der Waals surface area contributed by atoms with E-state index in [1.54, 1.807) is 19.3 Å². The molecule has 152 valence electrons. The van der Waals surface area contributed by atoms with E-state index in [1.807, 2.05) is 47.0 Å². The van der Waals surface area contributed by atoms with Gasteiger partial charge in [-0.25, -0.2) is 4.98 Å². The molecule has 1 atom stereocenters. The fourth-order valence-electron chi connectivity index (χ4n) is 3.07. The zero-order valence-corrected chi connectivity index (χ0v) is 16.9. The van der Waals surface area contributed by atoms with E-state index in [-0.39, 0.29) is 18.2 Å². The fraction of sp³-hybridized carbons (Fsp3) is 0.136. The van der Waals surface area contributed by atoms with Gasteiger partial charge in [0, 0.05) is 17.3 Å². The molecule has 2 N–H and O–H groups in total. The van der Waals surface area contributed by atoms with E-state index in [1.165, 1.54) is 12.3 Å². The summed E-state index contributed by atoms with van der Waals surface area (Å²) >= 11 is 6.45. The average Bonchev–Trinajstić information content (AvgIpc) is 3.42. The summed E-state index contributed by atoms with van der Waals surface area (Å²) in [6.07, 6.45) is 3.15. The molecule has 2 heterocycles. The second kappa shape index (κ2) is 8.42. The molecule has 0 bridgehead atoms. The van der Waals surface area contributed by atoms with E-state index in [9.17, 15) is 9.59 Å². The lowest BCUT2D eigenvalue weighted by molar-refractivity contribution is -0.122. The highest BCUT2D eigenvalue weighted by molar-refractivity contribution is 6.31. The number of halogens is 1. The van der Waals surface area contributed by atoms with Crippen molar-refractivity contribution in [2.75, 3.05) is 0 Å². The van der Waals surface area contributed by atoms with Gasteiger partial charge < -0.3 is 15.1 Å². The smallest absolute Gasteiger partial charge is 0.287 e. The van der Waals surface area contributed by atoms with Crippen molar-refractivity contribution in [1.82, 2.24) is 20.2 Å². The van der Waals surface area contributed by atoms with Crippen molar-refractivity contribution in [3.05, 3.63) is 83.5 Å². The van der Waals surface area contributed by atoms with Gasteiger partial charge in [0.15, 0.2) is 5.76 Å². The highest BCUT2D eigenvalue weighted by Crippen LogP contribution is 2.23. The van der Waals surface area contributed by atoms with Gasteiger partial charge in [-0.05, 0) is 48.9 Å². The minimum absolute atomic E-state index is 0.153. The number of furan rings is 1. The van der Waals surface area contributed by atoms with E-state index < -0.39 is 11.9 Å². The Bertz CT molecular complexity index is 1200. The summed E-state index contributed by atoms with van der Waals surface area (Å²) < 4.78 is 6.98. The predicted octanol–water partition coefficient (Wildman–Crippen LogP) is 3.71. The number of nitrogens with zero attached hydrogens (tertiary/aromatic N) is 2. The van der Waals surface area contributed by atoms with Gasteiger partial charge in [-0.15, -0.1) is 0 Å². The first-order chi connectivity index (χ1) is 14.5. The third-order valence-electron chi connectivity index (χ3n) is 4.71. The van der Waals surface area contributed by atoms with Crippen LogP contribution >= 0.6 is 11.6 Å². The molecule has 0 aliphatic heterocycles. The van der Waals surface area contributed by atoms with E-state index in [0.29, 0.717) is 5.02 Å². The molecule has 0 saturated carbocycles. The Morgan fingerprint density at radius 3 is 2.77 bits per heavy atom. The van der Waals surface area contributed by atoms with Gasteiger partial charge in [-0.2, -0.15) is 0 Å². The summed E-state index contributed by atoms with van der Waals surface area (Å²) in [6, 6.07) is 15.9. The minimum Gasteiger partial charge on any atom is -0.459 e. The zero-order valence-electron chi connectivity index (χ0n) is 16.1. The van der Waals surface area contributed by atoms with Crippen LogP contribution in [0, 0.1) is 0 Å². The molecule has 0 unspecified atom stereocenters. The molecular formula is C22H19ClN4O3. The molecule has 0 aliphatic carbocycles. The van der Waals surface area contributed by atoms with Gasteiger partial charge in [0.25, 0.3) is 5.91 Å². The maximum atomic E-state index is 12.3. The molecule has 8 heteroatoms. The monoisotopic (exact) mass is 422 g/mol. The molecule has 0 saturated heterocycles. The largest absolute Gasteiger partial charge is 0.459 e. The second-order valence-electron chi connectivity index (χ2n) is 6.77. The number of carbonyl (C=O) groups excluding carboxylic acids is 2. The average molecular weight is 423 g/mol. The van der Waals surface area contributed by atoms with Crippen molar-refractivity contribution in [1.29, 1.82) is 0 Å². The Kier molecular flexibility index (Phi) is 5.54. The molecule has 2 aromatic carbocycles. The summed E-state index contributed by atoms with van der Waals surface area (Å²) in [4.78, 5) is 28.7. The topological polar surface area (TPSA) is 89.2 Å². The number of hydrogen-bond donors (Lipinski definition) is 2. The van der Waals surface area contributed by atoms with Crippen molar-refractivity contribution in [3.8, 4) is 5.69 Å². The first-order valence-corrected chi connectivity index (χ1v) is 9.73. The van der Waals surface area contributed by atoms with Gasteiger partial charge in [-0.3, -0.25) is 14.2 Å². The number of para-hydroxylation sites is 2. The lowest BCUT2D eigenvalue weighted by atomic mass is 10.2. The number of imidazole rings is 1. The van der Waals surface area contributed by atoms with Crippen molar-refractivity contribution in [3.63, 3.8) is 0 Å². The van der Waals surface area contributed by atoms with Gasteiger partial charge >= 0.3 is 0 Å². The van der Waals surface area contributed by atoms with Crippen LogP contribution < -0.4 is 10.6 Å². The second-order valence-corrected chi connectivity index (χ2v) is 7.18. The Labute approximate surface area is 177 Å². The SMILES string of the molecule is C[C@@H](NC(=O)c1ccco1)C(=O)NCc1ccc(-n2cnc3ccccc32)cc1Cl. The molecule has 0 radical (unpaired) electrons. The Morgan fingerprint density at radius 1 is 1.17 bits per heavy atom. The van der Waals surface area contributed by atoms with Gasteiger partial charge in [0.1, 0.15) is 12.4 Å². The van der Waals surface area contributed by atoms with Crippen LogP contribution in [0.25, 0.3) is 16.7 Å². The van der Waals surface area contributed by atoms with Crippen LogP contribution in [0.5, 0.6) is 0 Å². The number of hydrogen-bond acceptors (Lipinski definition) is 4. The minimum atomic E-state index is -0.724. The quantitative estimate of drug-likeness (QED) is 0.495. The predicted molar refractivity (Wildman–Crippen MR) is 114 cm³/mol. The van der Waals surface area contributed by atoms with Gasteiger partial charge in [0.2, 0.25) is 5.91 Å². The third-order valence-corrected chi connectivity index (χ3v) is 5.06. The molecule has 7 nitrogen and oxygen atoms in total. The Hall–Kier alpha value is -3.58.